The minimum absolute atomic E-state index is 0.158. The number of carboxylic acid groups (broad SMARTS) is 1. The van der Waals surface area contributed by atoms with Crippen LogP contribution in [0.15, 0.2) is 18.2 Å². The van der Waals surface area contributed by atoms with Crippen LogP contribution in [-0.2, 0) is 0 Å². The van der Waals surface area contributed by atoms with Gasteiger partial charge in [0.2, 0.25) is 0 Å². The molecule has 1 saturated heterocycles. The average Bonchev–Trinajstić information content (AvgIpc) is 2.40. The summed E-state index contributed by atoms with van der Waals surface area (Å²) in [6.07, 6.45) is 2.22. The Bertz CT molecular complexity index is 497. The maximum absolute atomic E-state index is 11.3. The van der Waals surface area contributed by atoms with Crippen LogP contribution in [-0.4, -0.2) is 42.7 Å². The monoisotopic (exact) mass is 296 g/mol. The van der Waals surface area contributed by atoms with Gasteiger partial charge in [-0.3, -0.25) is 0 Å². The van der Waals surface area contributed by atoms with Crippen LogP contribution in [0.5, 0.6) is 0 Å². The van der Waals surface area contributed by atoms with E-state index < -0.39 is 5.97 Å². The number of likely N-dealkylation sites (tertiary alicyclic amines) is 1. The molecule has 20 heavy (non-hydrogen) atoms. The smallest absolute Gasteiger partial charge is 0.339 e. The van der Waals surface area contributed by atoms with E-state index in [4.69, 9.17) is 11.6 Å². The zero-order valence-corrected chi connectivity index (χ0v) is 12.7. The van der Waals surface area contributed by atoms with Crippen LogP contribution >= 0.6 is 11.6 Å². The van der Waals surface area contributed by atoms with Gasteiger partial charge >= 0.3 is 5.97 Å². The van der Waals surface area contributed by atoms with E-state index in [1.807, 2.05) is 0 Å². The lowest BCUT2D eigenvalue weighted by Gasteiger charge is -2.38. The third kappa shape index (κ3) is 3.44. The number of benzene rings is 1. The van der Waals surface area contributed by atoms with Crippen molar-refractivity contribution < 1.29 is 9.90 Å². The molecule has 1 aromatic carbocycles. The molecule has 0 spiro atoms. The van der Waals surface area contributed by atoms with E-state index in [-0.39, 0.29) is 16.0 Å². The fourth-order valence-corrected chi connectivity index (χ4v) is 2.79. The molecule has 1 heterocycles. The number of carbonyl (C=O) groups is 1. The minimum Gasteiger partial charge on any atom is -0.478 e. The van der Waals surface area contributed by atoms with Crippen LogP contribution in [0.2, 0.25) is 5.02 Å². The van der Waals surface area contributed by atoms with Gasteiger partial charge in [-0.15, -0.1) is 0 Å². The summed E-state index contributed by atoms with van der Waals surface area (Å²) in [5.41, 5.74) is 0.959. The molecule has 0 radical (unpaired) electrons. The summed E-state index contributed by atoms with van der Waals surface area (Å²) in [5.74, 6) is -0.994. The summed E-state index contributed by atoms with van der Waals surface area (Å²) in [4.78, 5) is 13.6. The predicted molar refractivity (Wildman–Crippen MR) is 81.7 cm³/mol. The molecule has 1 aromatic rings. The highest BCUT2D eigenvalue weighted by atomic mass is 35.5. The fourth-order valence-electron chi connectivity index (χ4n) is 2.53. The Morgan fingerprint density at radius 3 is 2.70 bits per heavy atom. The van der Waals surface area contributed by atoms with Crippen molar-refractivity contribution in [3.05, 3.63) is 28.8 Å². The molecule has 1 aliphatic rings. The van der Waals surface area contributed by atoms with Gasteiger partial charge in [-0.2, -0.15) is 0 Å². The molecule has 0 atom stereocenters. The molecule has 1 aliphatic heterocycles. The van der Waals surface area contributed by atoms with Crippen molar-refractivity contribution in [2.24, 2.45) is 5.41 Å². The minimum atomic E-state index is -0.994. The van der Waals surface area contributed by atoms with Gasteiger partial charge in [-0.1, -0.05) is 24.6 Å². The largest absolute Gasteiger partial charge is 0.478 e. The first-order chi connectivity index (χ1) is 9.41. The number of carboxylic acids is 1. The Morgan fingerprint density at radius 1 is 1.45 bits per heavy atom. The molecule has 5 heteroatoms. The van der Waals surface area contributed by atoms with E-state index in [0.29, 0.717) is 5.69 Å². The number of anilines is 1. The topological polar surface area (TPSA) is 52.6 Å². The molecular weight excluding hydrogens is 276 g/mol. The molecular formula is C15H21ClN2O2. The average molecular weight is 297 g/mol. The highest BCUT2D eigenvalue weighted by Crippen LogP contribution is 2.32. The standard InChI is InChI=1S/C15H21ClN2O2/c1-15(6-8-18(2)9-7-15)10-17-12-5-3-4-11(16)13(12)14(19)20/h3-5,17H,6-10H2,1-2H3,(H,19,20). The lowest BCUT2D eigenvalue weighted by Crippen LogP contribution is -2.40. The van der Waals surface area contributed by atoms with Crippen molar-refractivity contribution in [3.63, 3.8) is 0 Å². The molecule has 110 valence electrons. The Kier molecular flexibility index (Phi) is 4.55. The van der Waals surface area contributed by atoms with Crippen LogP contribution in [0.4, 0.5) is 5.69 Å². The summed E-state index contributed by atoms with van der Waals surface area (Å²) in [5, 5.41) is 12.8. The fraction of sp³-hybridized carbons (Fsp3) is 0.533. The van der Waals surface area contributed by atoms with Crippen molar-refractivity contribution in [1.29, 1.82) is 0 Å². The quantitative estimate of drug-likeness (QED) is 0.896. The Morgan fingerprint density at radius 2 is 2.10 bits per heavy atom. The van der Waals surface area contributed by atoms with Gasteiger partial charge in [0.05, 0.1) is 10.7 Å². The maximum Gasteiger partial charge on any atom is 0.339 e. The number of hydrogen-bond donors (Lipinski definition) is 2. The highest BCUT2D eigenvalue weighted by molar-refractivity contribution is 6.34. The number of nitrogens with one attached hydrogen (secondary N) is 1. The lowest BCUT2D eigenvalue weighted by molar-refractivity contribution is 0.0698. The Labute approximate surface area is 124 Å². The molecule has 0 unspecified atom stereocenters. The Balaban J connectivity index is 2.08. The number of piperidine rings is 1. The molecule has 0 bridgehead atoms. The molecule has 2 N–H and O–H groups in total. The molecule has 4 nitrogen and oxygen atoms in total. The summed E-state index contributed by atoms with van der Waals surface area (Å²) in [6, 6.07) is 5.15. The van der Waals surface area contributed by atoms with Crippen LogP contribution in [0.25, 0.3) is 0 Å². The van der Waals surface area contributed by atoms with Gasteiger partial charge in [-0.25, -0.2) is 4.79 Å². The van der Waals surface area contributed by atoms with Gasteiger partial charge < -0.3 is 15.3 Å². The zero-order valence-electron chi connectivity index (χ0n) is 11.9. The molecule has 0 amide bonds. The van der Waals surface area contributed by atoms with E-state index in [2.05, 4.69) is 24.2 Å². The highest BCUT2D eigenvalue weighted by Gasteiger charge is 2.29. The van der Waals surface area contributed by atoms with Crippen LogP contribution in [0.3, 0.4) is 0 Å². The maximum atomic E-state index is 11.3. The van der Waals surface area contributed by atoms with Crippen LogP contribution < -0.4 is 5.32 Å². The third-order valence-electron chi connectivity index (χ3n) is 4.13. The van der Waals surface area contributed by atoms with Crippen molar-refractivity contribution in [2.45, 2.75) is 19.8 Å². The summed E-state index contributed by atoms with van der Waals surface area (Å²) < 4.78 is 0. The third-order valence-corrected chi connectivity index (χ3v) is 4.44. The first-order valence-electron chi connectivity index (χ1n) is 6.85. The molecule has 1 fully saturated rings. The van der Waals surface area contributed by atoms with Crippen molar-refractivity contribution in [1.82, 2.24) is 4.90 Å². The number of aromatic carboxylic acids is 1. The summed E-state index contributed by atoms with van der Waals surface area (Å²) in [7, 11) is 2.13. The number of nitrogens with zero attached hydrogens (tertiary/aromatic N) is 1. The summed E-state index contributed by atoms with van der Waals surface area (Å²) >= 11 is 5.97. The van der Waals surface area contributed by atoms with Gasteiger partial charge in [0, 0.05) is 6.54 Å². The van der Waals surface area contributed by atoms with E-state index in [9.17, 15) is 9.90 Å². The second-order valence-electron chi connectivity index (χ2n) is 5.94. The first kappa shape index (κ1) is 15.1. The van der Waals surface area contributed by atoms with E-state index >= 15 is 0 Å². The molecule has 0 saturated carbocycles. The van der Waals surface area contributed by atoms with Crippen molar-refractivity contribution in [2.75, 3.05) is 32.0 Å². The van der Waals surface area contributed by atoms with Gasteiger partial charge in [0.1, 0.15) is 5.56 Å². The van der Waals surface area contributed by atoms with Crippen LogP contribution in [0, 0.1) is 5.41 Å². The lowest BCUT2D eigenvalue weighted by atomic mass is 9.80. The van der Waals surface area contributed by atoms with E-state index in [0.717, 1.165) is 32.5 Å². The number of rotatable bonds is 4. The van der Waals surface area contributed by atoms with Gasteiger partial charge in [0.15, 0.2) is 0 Å². The van der Waals surface area contributed by atoms with Crippen LogP contribution in [0.1, 0.15) is 30.1 Å². The predicted octanol–water partition coefficient (Wildman–Crippen LogP) is 3.18. The zero-order chi connectivity index (χ0) is 14.8. The second-order valence-corrected chi connectivity index (χ2v) is 6.34. The number of halogens is 1. The summed E-state index contributed by atoms with van der Waals surface area (Å²) in [6.45, 7) is 5.18. The van der Waals surface area contributed by atoms with Gasteiger partial charge in [-0.05, 0) is 50.5 Å². The second kappa shape index (κ2) is 6.02. The number of hydrogen-bond acceptors (Lipinski definition) is 3. The van der Waals surface area contributed by atoms with Gasteiger partial charge in [0.25, 0.3) is 0 Å². The molecule has 0 aliphatic carbocycles. The first-order valence-corrected chi connectivity index (χ1v) is 7.23. The normalized spacial score (nSPS) is 18.8. The van der Waals surface area contributed by atoms with E-state index in [1.54, 1.807) is 18.2 Å². The van der Waals surface area contributed by atoms with Crippen molar-refractivity contribution in [3.8, 4) is 0 Å². The SMILES string of the molecule is CN1CCC(C)(CNc2cccc(Cl)c2C(=O)O)CC1. The molecule has 0 aromatic heterocycles. The van der Waals surface area contributed by atoms with E-state index in [1.165, 1.54) is 0 Å². The van der Waals surface area contributed by atoms with Crippen molar-refractivity contribution >= 4 is 23.3 Å². The molecule has 2 rings (SSSR count). The Hall–Kier alpha value is -1.26.